The van der Waals surface area contributed by atoms with Crippen molar-refractivity contribution < 1.29 is 14.6 Å². The summed E-state index contributed by atoms with van der Waals surface area (Å²) >= 11 is 0. The van der Waals surface area contributed by atoms with E-state index in [1.807, 2.05) is 6.07 Å². The smallest absolute Gasteiger partial charge is 0.162 e. The molecule has 0 unspecified atom stereocenters. The van der Waals surface area contributed by atoms with Crippen molar-refractivity contribution >= 4 is 5.69 Å². The van der Waals surface area contributed by atoms with Crippen molar-refractivity contribution in [2.24, 2.45) is 11.7 Å². The Labute approximate surface area is 101 Å². The SMILES string of the molecule is COc1cc2c(cc1OC)[C@@H](O)[C@H](CN)CN2. The molecular weight excluding hydrogens is 220 g/mol. The van der Waals surface area contributed by atoms with Crippen LogP contribution >= 0.6 is 0 Å². The zero-order valence-corrected chi connectivity index (χ0v) is 10.1. The fraction of sp³-hybridized carbons (Fsp3) is 0.500. The summed E-state index contributed by atoms with van der Waals surface area (Å²) in [5.74, 6) is 1.29. The molecule has 1 heterocycles. The Kier molecular flexibility index (Phi) is 3.40. The number of nitrogens with two attached hydrogens (primary N) is 1. The molecule has 1 aliphatic rings. The van der Waals surface area contributed by atoms with Gasteiger partial charge in [0.2, 0.25) is 0 Å². The highest BCUT2D eigenvalue weighted by Crippen LogP contribution is 2.40. The second-order valence-electron chi connectivity index (χ2n) is 4.12. The highest BCUT2D eigenvalue weighted by molar-refractivity contribution is 5.62. The maximum absolute atomic E-state index is 10.2. The number of nitrogens with one attached hydrogen (secondary N) is 1. The zero-order chi connectivity index (χ0) is 12.4. The molecule has 1 aromatic carbocycles. The van der Waals surface area contributed by atoms with E-state index < -0.39 is 6.10 Å². The molecule has 0 bridgehead atoms. The highest BCUT2D eigenvalue weighted by atomic mass is 16.5. The predicted octanol–water partition coefficient (Wildman–Crippen LogP) is 0.738. The normalized spacial score (nSPS) is 22.6. The molecule has 2 atom stereocenters. The van der Waals surface area contributed by atoms with Crippen molar-refractivity contribution in [3.8, 4) is 11.5 Å². The van der Waals surface area contributed by atoms with Gasteiger partial charge >= 0.3 is 0 Å². The third-order valence-corrected chi connectivity index (χ3v) is 3.18. The Bertz CT molecular complexity index is 409. The Hall–Kier alpha value is -1.46. The first-order chi connectivity index (χ1) is 8.21. The van der Waals surface area contributed by atoms with E-state index in [0.29, 0.717) is 24.6 Å². The van der Waals surface area contributed by atoms with Gasteiger partial charge in [-0.3, -0.25) is 0 Å². The number of anilines is 1. The number of hydrogen-bond acceptors (Lipinski definition) is 5. The lowest BCUT2D eigenvalue weighted by atomic mass is 9.90. The molecule has 0 aromatic heterocycles. The third-order valence-electron chi connectivity index (χ3n) is 3.18. The van der Waals surface area contributed by atoms with Crippen LogP contribution in [-0.4, -0.2) is 32.4 Å². The van der Waals surface area contributed by atoms with Gasteiger partial charge < -0.3 is 25.6 Å². The summed E-state index contributed by atoms with van der Waals surface area (Å²) in [5.41, 5.74) is 7.31. The van der Waals surface area contributed by atoms with E-state index >= 15 is 0 Å². The lowest BCUT2D eigenvalue weighted by molar-refractivity contribution is 0.114. The van der Waals surface area contributed by atoms with E-state index in [9.17, 15) is 5.11 Å². The second kappa shape index (κ2) is 4.81. The molecule has 0 spiro atoms. The fourth-order valence-electron chi connectivity index (χ4n) is 2.11. The standard InChI is InChI=1S/C12H18N2O3/c1-16-10-3-8-9(4-11(10)17-2)14-6-7(5-13)12(8)15/h3-4,7,12,14-15H,5-6,13H2,1-2H3/t7-,12+/m1/s1. The largest absolute Gasteiger partial charge is 0.493 e. The van der Waals surface area contributed by atoms with Gasteiger partial charge in [0.05, 0.1) is 20.3 Å². The van der Waals surface area contributed by atoms with Gasteiger partial charge in [-0.15, -0.1) is 0 Å². The Balaban J connectivity index is 2.43. The number of benzene rings is 1. The lowest BCUT2D eigenvalue weighted by Gasteiger charge is -2.31. The summed E-state index contributed by atoms with van der Waals surface area (Å²) in [6.45, 7) is 1.11. The second-order valence-corrected chi connectivity index (χ2v) is 4.12. The minimum Gasteiger partial charge on any atom is -0.493 e. The van der Waals surface area contributed by atoms with Crippen molar-refractivity contribution in [2.45, 2.75) is 6.10 Å². The number of rotatable bonds is 3. The number of ether oxygens (including phenoxy) is 2. The quantitative estimate of drug-likeness (QED) is 0.724. The summed E-state index contributed by atoms with van der Waals surface area (Å²) in [6.07, 6.45) is -0.559. The summed E-state index contributed by atoms with van der Waals surface area (Å²) in [7, 11) is 3.17. The molecule has 0 radical (unpaired) electrons. The molecule has 2 rings (SSSR count). The van der Waals surface area contributed by atoms with Crippen molar-refractivity contribution in [1.29, 1.82) is 0 Å². The van der Waals surface area contributed by atoms with Crippen LogP contribution in [-0.2, 0) is 0 Å². The molecule has 5 heteroatoms. The summed E-state index contributed by atoms with van der Waals surface area (Å²) in [5, 5.41) is 13.4. The zero-order valence-electron chi connectivity index (χ0n) is 10.1. The Morgan fingerprint density at radius 3 is 2.59 bits per heavy atom. The molecule has 0 saturated carbocycles. The number of methoxy groups -OCH3 is 2. The number of aliphatic hydroxyl groups excluding tert-OH is 1. The van der Waals surface area contributed by atoms with Crippen LogP contribution in [0.1, 0.15) is 11.7 Å². The van der Waals surface area contributed by atoms with Gasteiger partial charge in [-0.2, -0.15) is 0 Å². The maximum atomic E-state index is 10.2. The van der Waals surface area contributed by atoms with Crippen molar-refractivity contribution in [1.82, 2.24) is 0 Å². The minimum absolute atomic E-state index is 0.0283. The van der Waals surface area contributed by atoms with Gasteiger partial charge in [0, 0.05) is 29.8 Å². The van der Waals surface area contributed by atoms with E-state index in [1.165, 1.54) is 0 Å². The molecule has 94 valence electrons. The Morgan fingerprint density at radius 1 is 1.35 bits per heavy atom. The van der Waals surface area contributed by atoms with Gasteiger partial charge in [-0.1, -0.05) is 0 Å². The van der Waals surface area contributed by atoms with Crippen LogP contribution in [0, 0.1) is 5.92 Å². The summed E-state index contributed by atoms with van der Waals surface area (Å²) < 4.78 is 10.4. The first kappa shape index (κ1) is 12.0. The first-order valence-corrected chi connectivity index (χ1v) is 5.59. The van der Waals surface area contributed by atoms with Gasteiger partial charge in [-0.05, 0) is 12.6 Å². The van der Waals surface area contributed by atoms with Gasteiger partial charge in [0.1, 0.15) is 0 Å². The highest BCUT2D eigenvalue weighted by Gasteiger charge is 2.28. The molecule has 5 nitrogen and oxygen atoms in total. The van der Waals surface area contributed by atoms with E-state index in [1.54, 1.807) is 20.3 Å². The van der Waals surface area contributed by atoms with Crippen molar-refractivity contribution in [3.63, 3.8) is 0 Å². The van der Waals surface area contributed by atoms with Crippen LogP contribution < -0.4 is 20.5 Å². The van der Waals surface area contributed by atoms with Crippen LogP contribution in [0.2, 0.25) is 0 Å². The topological polar surface area (TPSA) is 76.7 Å². The van der Waals surface area contributed by atoms with Crippen molar-refractivity contribution in [3.05, 3.63) is 17.7 Å². The van der Waals surface area contributed by atoms with Gasteiger partial charge in [0.25, 0.3) is 0 Å². The van der Waals surface area contributed by atoms with Crippen LogP contribution in [0.4, 0.5) is 5.69 Å². The maximum Gasteiger partial charge on any atom is 0.162 e. The third kappa shape index (κ3) is 2.03. The molecule has 0 amide bonds. The average Bonchev–Trinajstić information content (AvgIpc) is 2.38. The number of fused-ring (bicyclic) bond motifs is 1. The van der Waals surface area contributed by atoms with E-state index in [-0.39, 0.29) is 5.92 Å². The van der Waals surface area contributed by atoms with Crippen LogP contribution in [0.25, 0.3) is 0 Å². The molecule has 0 saturated heterocycles. The average molecular weight is 238 g/mol. The summed E-state index contributed by atoms with van der Waals surface area (Å²) in [6, 6.07) is 3.64. The van der Waals surface area contributed by atoms with Gasteiger partial charge in [0.15, 0.2) is 11.5 Å². The molecule has 17 heavy (non-hydrogen) atoms. The molecular formula is C12H18N2O3. The van der Waals surface area contributed by atoms with E-state index in [4.69, 9.17) is 15.2 Å². The Morgan fingerprint density at radius 2 is 2.00 bits per heavy atom. The molecule has 4 N–H and O–H groups in total. The number of aliphatic hydroxyl groups is 1. The fourth-order valence-corrected chi connectivity index (χ4v) is 2.11. The first-order valence-electron chi connectivity index (χ1n) is 5.59. The predicted molar refractivity (Wildman–Crippen MR) is 65.5 cm³/mol. The minimum atomic E-state index is -0.559. The van der Waals surface area contributed by atoms with Crippen molar-refractivity contribution in [2.75, 3.05) is 32.6 Å². The molecule has 1 aromatic rings. The molecule has 0 aliphatic carbocycles. The van der Waals surface area contributed by atoms with Crippen LogP contribution in [0.3, 0.4) is 0 Å². The van der Waals surface area contributed by atoms with E-state index in [0.717, 1.165) is 11.3 Å². The van der Waals surface area contributed by atoms with Crippen LogP contribution in [0.5, 0.6) is 11.5 Å². The molecule has 1 aliphatic heterocycles. The number of hydrogen-bond donors (Lipinski definition) is 3. The van der Waals surface area contributed by atoms with E-state index in [2.05, 4.69) is 5.32 Å². The molecule has 0 fully saturated rings. The summed E-state index contributed by atoms with van der Waals surface area (Å²) in [4.78, 5) is 0. The van der Waals surface area contributed by atoms with Gasteiger partial charge in [-0.25, -0.2) is 0 Å². The lowest BCUT2D eigenvalue weighted by Crippen LogP contribution is -2.33. The monoisotopic (exact) mass is 238 g/mol. The van der Waals surface area contributed by atoms with Crippen LogP contribution in [0.15, 0.2) is 12.1 Å².